The molecule has 0 saturated carbocycles. The summed E-state index contributed by atoms with van der Waals surface area (Å²) in [5.74, 6) is -0.842. The zero-order valence-electron chi connectivity index (χ0n) is 12.1. The number of carbonyl (C=O) groups excluding carboxylic acids is 1. The van der Waals surface area contributed by atoms with Crippen LogP contribution in [0.1, 0.15) is 12.8 Å². The smallest absolute Gasteiger partial charge is 0.224 e. The van der Waals surface area contributed by atoms with Crippen LogP contribution in [-0.4, -0.2) is 20.1 Å². The molecule has 122 valence electrons. The second kappa shape index (κ2) is 7.57. The molecular formula is C16H15ClFNO3S. The van der Waals surface area contributed by atoms with Gasteiger partial charge in [0.15, 0.2) is 9.84 Å². The van der Waals surface area contributed by atoms with E-state index in [0.717, 1.165) is 0 Å². The van der Waals surface area contributed by atoms with E-state index in [1.165, 1.54) is 48.5 Å². The van der Waals surface area contributed by atoms with Crippen molar-refractivity contribution in [2.24, 2.45) is 0 Å². The normalized spacial score (nSPS) is 11.2. The van der Waals surface area contributed by atoms with Gasteiger partial charge in [-0.05, 0) is 55.0 Å². The summed E-state index contributed by atoms with van der Waals surface area (Å²) in [5.41, 5.74) is 0.469. The minimum atomic E-state index is -3.44. The molecular weight excluding hydrogens is 341 g/mol. The van der Waals surface area contributed by atoms with Gasteiger partial charge in [0.1, 0.15) is 5.82 Å². The fourth-order valence-electron chi connectivity index (χ4n) is 1.94. The SMILES string of the molecule is O=C(CCCS(=O)(=O)c1ccc(Cl)cc1)Nc1ccc(F)cc1. The topological polar surface area (TPSA) is 63.2 Å². The lowest BCUT2D eigenvalue weighted by molar-refractivity contribution is -0.116. The summed E-state index contributed by atoms with van der Waals surface area (Å²) in [6.07, 6.45) is 0.252. The number of anilines is 1. The van der Waals surface area contributed by atoms with Crippen LogP contribution < -0.4 is 5.32 Å². The highest BCUT2D eigenvalue weighted by molar-refractivity contribution is 7.91. The fraction of sp³-hybridized carbons (Fsp3) is 0.188. The van der Waals surface area contributed by atoms with Crippen molar-refractivity contribution < 1.29 is 17.6 Å². The second-order valence-corrected chi connectivity index (χ2v) is 7.48. The molecule has 2 aromatic carbocycles. The molecule has 2 rings (SSSR count). The molecule has 0 atom stereocenters. The lowest BCUT2D eigenvalue weighted by atomic mass is 10.3. The Hall–Kier alpha value is -1.92. The third-order valence-corrected chi connectivity index (χ3v) is 5.19. The van der Waals surface area contributed by atoms with Crippen molar-refractivity contribution in [3.05, 3.63) is 59.4 Å². The summed E-state index contributed by atoms with van der Waals surface area (Å²) in [7, 11) is -3.44. The van der Waals surface area contributed by atoms with Crippen LogP contribution in [0, 0.1) is 5.82 Å². The first-order valence-corrected chi connectivity index (χ1v) is 8.93. The first-order valence-electron chi connectivity index (χ1n) is 6.90. The monoisotopic (exact) mass is 355 g/mol. The van der Waals surface area contributed by atoms with Gasteiger partial charge in [-0.3, -0.25) is 4.79 Å². The Labute approximate surface area is 139 Å². The van der Waals surface area contributed by atoms with Gasteiger partial charge in [-0.2, -0.15) is 0 Å². The van der Waals surface area contributed by atoms with E-state index >= 15 is 0 Å². The Kier molecular flexibility index (Phi) is 5.74. The van der Waals surface area contributed by atoms with Crippen LogP contribution in [0.15, 0.2) is 53.4 Å². The zero-order valence-corrected chi connectivity index (χ0v) is 13.7. The van der Waals surface area contributed by atoms with Gasteiger partial charge < -0.3 is 5.32 Å². The largest absolute Gasteiger partial charge is 0.326 e. The summed E-state index contributed by atoms with van der Waals surface area (Å²) in [6.45, 7) is 0. The molecule has 4 nitrogen and oxygen atoms in total. The van der Waals surface area contributed by atoms with E-state index < -0.39 is 15.7 Å². The van der Waals surface area contributed by atoms with E-state index in [-0.39, 0.29) is 29.4 Å². The molecule has 0 spiro atoms. The third-order valence-electron chi connectivity index (χ3n) is 3.12. The van der Waals surface area contributed by atoms with Crippen molar-refractivity contribution in [3.8, 4) is 0 Å². The van der Waals surface area contributed by atoms with Crippen molar-refractivity contribution in [2.75, 3.05) is 11.1 Å². The van der Waals surface area contributed by atoms with Gasteiger partial charge in [-0.1, -0.05) is 11.6 Å². The molecule has 0 radical (unpaired) electrons. The molecule has 0 unspecified atom stereocenters. The van der Waals surface area contributed by atoms with Crippen LogP contribution in [0.3, 0.4) is 0 Å². The van der Waals surface area contributed by atoms with Crippen molar-refractivity contribution in [1.82, 2.24) is 0 Å². The number of nitrogens with one attached hydrogen (secondary N) is 1. The fourth-order valence-corrected chi connectivity index (χ4v) is 3.38. The molecule has 0 saturated heterocycles. The Bertz CT molecular complexity index is 774. The maximum Gasteiger partial charge on any atom is 0.224 e. The average Bonchev–Trinajstić information content (AvgIpc) is 2.50. The highest BCUT2D eigenvalue weighted by Crippen LogP contribution is 2.16. The van der Waals surface area contributed by atoms with Gasteiger partial charge in [0.05, 0.1) is 10.6 Å². The first kappa shape index (κ1) is 17.4. The predicted octanol–water partition coefficient (Wildman–Crippen LogP) is 3.67. The van der Waals surface area contributed by atoms with Crippen LogP contribution >= 0.6 is 11.6 Å². The quantitative estimate of drug-likeness (QED) is 0.859. The van der Waals surface area contributed by atoms with E-state index in [4.69, 9.17) is 11.6 Å². The Morgan fingerprint density at radius 1 is 1.04 bits per heavy atom. The van der Waals surface area contributed by atoms with Gasteiger partial charge in [0, 0.05) is 17.1 Å². The molecule has 0 heterocycles. The van der Waals surface area contributed by atoms with E-state index in [1.54, 1.807) is 0 Å². The maximum atomic E-state index is 12.8. The third kappa shape index (κ3) is 5.33. The number of hydrogen-bond acceptors (Lipinski definition) is 3. The first-order chi connectivity index (χ1) is 10.9. The minimum absolute atomic E-state index is 0.0597. The second-order valence-electron chi connectivity index (χ2n) is 4.93. The summed E-state index contributed by atoms with van der Waals surface area (Å²) in [4.78, 5) is 11.9. The van der Waals surface area contributed by atoms with Crippen molar-refractivity contribution in [2.45, 2.75) is 17.7 Å². The summed E-state index contributed by atoms with van der Waals surface area (Å²) in [5, 5.41) is 3.05. The Morgan fingerprint density at radius 2 is 1.65 bits per heavy atom. The van der Waals surface area contributed by atoms with Gasteiger partial charge in [-0.15, -0.1) is 0 Å². The number of carbonyl (C=O) groups is 1. The lowest BCUT2D eigenvalue weighted by Gasteiger charge is -2.06. The maximum absolute atomic E-state index is 12.8. The van der Waals surface area contributed by atoms with E-state index in [2.05, 4.69) is 5.32 Å². The molecule has 1 N–H and O–H groups in total. The summed E-state index contributed by atoms with van der Waals surface area (Å²) in [6, 6.07) is 11.3. The van der Waals surface area contributed by atoms with Crippen molar-refractivity contribution in [3.63, 3.8) is 0 Å². The van der Waals surface area contributed by atoms with Crippen LogP contribution in [-0.2, 0) is 14.6 Å². The Morgan fingerprint density at radius 3 is 2.26 bits per heavy atom. The molecule has 0 aromatic heterocycles. The molecule has 0 bridgehead atoms. The number of amides is 1. The molecule has 2 aromatic rings. The van der Waals surface area contributed by atoms with E-state index in [9.17, 15) is 17.6 Å². The lowest BCUT2D eigenvalue weighted by Crippen LogP contribution is -2.14. The van der Waals surface area contributed by atoms with E-state index in [0.29, 0.717) is 10.7 Å². The Balaban J connectivity index is 1.85. The summed E-state index contributed by atoms with van der Waals surface area (Å²) < 4.78 is 37.0. The van der Waals surface area contributed by atoms with Crippen LogP contribution in [0.25, 0.3) is 0 Å². The molecule has 7 heteroatoms. The molecule has 0 fully saturated rings. The highest BCUT2D eigenvalue weighted by Gasteiger charge is 2.15. The standard InChI is InChI=1S/C16H15ClFNO3S/c17-12-3-9-15(10-4-12)23(21,22)11-1-2-16(20)19-14-7-5-13(18)6-8-14/h3-10H,1-2,11H2,(H,19,20). The summed E-state index contributed by atoms with van der Waals surface area (Å²) >= 11 is 5.72. The average molecular weight is 356 g/mol. The van der Waals surface area contributed by atoms with Gasteiger partial charge in [-0.25, -0.2) is 12.8 Å². The number of hydrogen-bond donors (Lipinski definition) is 1. The zero-order chi connectivity index (χ0) is 16.9. The van der Waals surface area contributed by atoms with Gasteiger partial charge in [0.2, 0.25) is 5.91 Å². The van der Waals surface area contributed by atoms with Crippen LogP contribution in [0.5, 0.6) is 0 Å². The minimum Gasteiger partial charge on any atom is -0.326 e. The van der Waals surface area contributed by atoms with Gasteiger partial charge in [0.25, 0.3) is 0 Å². The molecule has 0 aliphatic carbocycles. The number of sulfone groups is 1. The number of halogens is 2. The van der Waals surface area contributed by atoms with Crippen LogP contribution in [0.2, 0.25) is 5.02 Å². The van der Waals surface area contributed by atoms with Crippen LogP contribution in [0.4, 0.5) is 10.1 Å². The number of rotatable bonds is 6. The highest BCUT2D eigenvalue weighted by atomic mass is 35.5. The number of benzene rings is 2. The predicted molar refractivity (Wildman–Crippen MR) is 87.8 cm³/mol. The molecule has 0 aliphatic heterocycles. The van der Waals surface area contributed by atoms with Gasteiger partial charge >= 0.3 is 0 Å². The van der Waals surface area contributed by atoms with E-state index in [1.807, 2.05) is 0 Å². The molecule has 1 amide bonds. The van der Waals surface area contributed by atoms with Crippen molar-refractivity contribution >= 4 is 33.0 Å². The van der Waals surface area contributed by atoms with Crippen molar-refractivity contribution in [1.29, 1.82) is 0 Å². The molecule has 0 aliphatic rings. The molecule has 23 heavy (non-hydrogen) atoms.